The Morgan fingerprint density at radius 2 is 2.36 bits per heavy atom. The molecular weight excluding hydrogens is 202 g/mol. The van der Waals surface area contributed by atoms with E-state index >= 15 is 0 Å². The number of carboxylic acid groups (broad SMARTS) is 1. The highest BCUT2D eigenvalue weighted by Gasteiger charge is 2.26. The minimum Gasteiger partial charge on any atom is -0.480 e. The van der Waals surface area contributed by atoms with Gasteiger partial charge in [0, 0.05) is 0 Å². The molecule has 0 aromatic carbocycles. The topological polar surface area (TPSA) is 66.4 Å². The third-order valence-corrected chi connectivity index (χ3v) is 3.62. The first-order chi connectivity index (χ1) is 6.65. The summed E-state index contributed by atoms with van der Waals surface area (Å²) in [5.41, 5.74) is 0. The Labute approximate surface area is 87.4 Å². The Bertz CT molecular complexity index is 226. The van der Waals surface area contributed by atoms with Crippen LogP contribution in [0.2, 0.25) is 0 Å². The maximum absolute atomic E-state index is 11.5. The molecule has 5 heteroatoms. The average molecular weight is 217 g/mol. The van der Waals surface area contributed by atoms with E-state index in [0.717, 1.165) is 18.6 Å². The van der Waals surface area contributed by atoms with Gasteiger partial charge in [-0.05, 0) is 25.0 Å². The lowest BCUT2D eigenvalue weighted by Gasteiger charge is -2.15. The number of hydrogen-bond acceptors (Lipinski definition) is 3. The first kappa shape index (κ1) is 11.4. The lowest BCUT2D eigenvalue weighted by Crippen LogP contribution is -2.43. The third-order valence-electron chi connectivity index (χ3n) is 2.24. The Morgan fingerprint density at radius 1 is 1.64 bits per heavy atom. The first-order valence-electron chi connectivity index (χ1n) is 4.80. The van der Waals surface area contributed by atoms with Crippen molar-refractivity contribution < 1.29 is 14.7 Å². The zero-order chi connectivity index (χ0) is 10.6. The van der Waals surface area contributed by atoms with Gasteiger partial charge in [0.15, 0.2) is 0 Å². The second-order valence-corrected chi connectivity index (χ2v) is 4.62. The highest BCUT2D eigenvalue weighted by Crippen LogP contribution is 2.26. The number of rotatable bonds is 4. The fourth-order valence-electron chi connectivity index (χ4n) is 1.39. The van der Waals surface area contributed by atoms with Gasteiger partial charge in [-0.1, -0.05) is 6.92 Å². The van der Waals surface area contributed by atoms with Gasteiger partial charge in [-0.15, -0.1) is 11.8 Å². The van der Waals surface area contributed by atoms with E-state index in [4.69, 9.17) is 5.11 Å². The van der Waals surface area contributed by atoms with Crippen molar-refractivity contribution in [1.29, 1.82) is 0 Å². The minimum atomic E-state index is -0.955. The number of nitrogens with one attached hydrogen (secondary N) is 1. The summed E-state index contributed by atoms with van der Waals surface area (Å²) in [6.45, 7) is 1.75. The third kappa shape index (κ3) is 2.90. The number of carbonyl (C=O) groups is 2. The van der Waals surface area contributed by atoms with Crippen molar-refractivity contribution in [2.45, 2.75) is 37.5 Å². The summed E-state index contributed by atoms with van der Waals surface area (Å²) in [7, 11) is 0. The molecule has 0 radical (unpaired) electrons. The van der Waals surface area contributed by atoms with E-state index in [2.05, 4.69) is 5.32 Å². The fourth-order valence-corrected chi connectivity index (χ4v) is 2.56. The molecule has 0 aliphatic carbocycles. The average Bonchev–Trinajstić information content (AvgIpc) is 2.65. The van der Waals surface area contributed by atoms with Gasteiger partial charge in [0.2, 0.25) is 5.91 Å². The zero-order valence-electron chi connectivity index (χ0n) is 8.16. The second kappa shape index (κ2) is 5.24. The fraction of sp³-hybridized carbons (Fsp3) is 0.778. The molecule has 80 valence electrons. The lowest BCUT2D eigenvalue weighted by atomic mass is 10.2. The van der Waals surface area contributed by atoms with E-state index in [1.165, 1.54) is 0 Å². The molecule has 0 aromatic rings. The van der Waals surface area contributed by atoms with Gasteiger partial charge in [-0.3, -0.25) is 4.79 Å². The van der Waals surface area contributed by atoms with Crippen LogP contribution in [0.15, 0.2) is 0 Å². The monoisotopic (exact) mass is 217 g/mol. The van der Waals surface area contributed by atoms with Crippen molar-refractivity contribution in [2.75, 3.05) is 5.75 Å². The minimum absolute atomic E-state index is 0.0385. The van der Waals surface area contributed by atoms with E-state index in [1.54, 1.807) is 18.7 Å². The maximum Gasteiger partial charge on any atom is 0.326 e. The predicted molar refractivity (Wildman–Crippen MR) is 55.3 cm³/mol. The quantitative estimate of drug-likeness (QED) is 0.733. The van der Waals surface area contributed by atoms with Crippen LogP contribution in [0.25, 0.3) is 0 Å². The molecule has 1 saturated heterocycles. The molecule has 1 rings (SSSR count). The predicted octanol–water partition coefficient (Wildman–Crippen LogP) is 0.861. The van der Waals surface area contributed by atoms with Gasteiger partial charge in [-0.2, -0.15) is 0 Å². The molecule has 1 fully saturated rings. The summed E-state index contributed by atoms with van der Waals surface area (Å²) in [4.78, 5) is 22.2. The van der Waals surface area contributed by atoms with Gasteiger partial charge in [0.05, 0.1) is 5.25 Å². The molecule has 14 heavy (non-hydrogen) atoms. The van der Waals surface area contributed by atoms with Crippen molar-refractivity contribution in [3.63, 3.8) is 0 Å². The second-order valence-electron chi connectivity index (χ2n) is 3.31. The van der Waals surface area contributed by atoms with Gasteiger partial charge in [-0.25, -0.2) is 4.79 Å². The van der Waals surface area contributed by atoms with E-state index in [0.29, 0.717) is 6.42 Å². The van der Waals surface area contributed by atoms with E-state index in [1.807, 2.05) is 0 Å². The van der Waals surface area contributed by atoms with E-state index in [9.17, 15) is 9.59 Å². The summed E-state index contributed by atoms with van der Waals surface area (Å²) in [5.74, 6) is -0.0762. The molecular formula is C9H15NO3S. The molecule has 4 nitrogen and oxygen atoms in total. The van der Waals surface area contributed by atoms with Crippen LogP contribution in [0, 0.1) is 0 Å². The number of hydrogen-bond donors (Lipinski definition) is 2. The molecule has 1 aliphatic rings. The molecule has 0 spiro atoms. The van der Waals surface area contributed by atoms with Gasteiger partial charge < -0.3 is 10.4 Å². The first-order valence-corrected chi connectivity index (χ1v) is 5.84. The maximum atomic E-state index is 11.5. The molecule has 0 saturated carbocycles. The lowest BCUT2D eigenvalue weighted by molar-refractivity contribution is -0.141. The summed E-state index contributed by atoms with van der Waals surface area (Å²) < 4.78 is 0. The summed E-state index contributed by atoms with van der Waals surface area (Å²) in [5, 5.41) is 11.3. The molecule has 1 amide bonds. The van der Waals surface area contributed by atoms with Crippen molar-refractivity contribution in [1.82, 2.24) is 5.32 Å². The van der Waals surface area contributed by atoms with E-state index < -0.39 is 12.0 Å². The number of carbonyl (C=O) groups excluding carboxylic acids is 1. The Morgan fingerprint density at radius 3 is 2.79 bits per heavy atom. The zero-order valence-corrected chi connectivity index (χ0v) is 8.97. The summed E-state index contributed by atoms with van der Waals surface area (Å²) in [6.07, 6.45) is 2.34. The smallest absolute Gasteiger partial charge is 0.326 e. The van der Waals surface area contributed by atoms with Crippen LogP contribution in [0.3, 0.4) is 0 Å². The largest absolute Gasteiger partial charge is 0.480 e. The van der Waals surface area contributed by atoms with E-state index in [-0.39, 0.29) is 11.2 Å². The SMILES string of the molecule is CCC(NC(=O)C1CCCS1)C(=O)O. The number of thioether (sulfide) groups is 1. The Hall–Kier alpha value is -0.710. The Balaban J connectivity index is 2.41. The highest BCUT2D eigenvalue weighted by atomic mass is 32.2. The molecule has 1 heterocycles. The Kier molecular flexibility index (Phi) is 4.25. The standard InChI is InChI=1S/C9H15NO3S/c1-2-6(9(12)13)10-8(11)7-4-3-5-14-7/h6-7H,2-5H2,1H3,(H,10,11)(H,12,13). The van der Waals surface area contributed by atoms with Crippen LogP contribution in [-0.4, -0.2) is 34.0 Å². The van der Waals surface area contributed by atoms with Crippen molar-refractivity contribution in [2.24, 2.45) is 0 Å². The normalized spacial score (nSPS) is 23.1. The van der Waals surface area contributed by atoms with Crippen LogP contribution in [0.5, 0.6) is 0 Å². The number of amides is 1. The number of aliphatic carboxylic acids is 1. The highest BCUT2D eigenvalue weighted by molar-refractivity contribution is 8.00. The van der Waals surface area contributed by atoms with Gasteiger partial charge in [0.25, 0.3) is 0 Å². The van der Waals surface area contributed by atoms with Crippen LogP contribution in [-0.2, 0) is 9.59 Å². The van der Waals surface area contributed by atoms with Crippen molar-refractivity contribution in [3.05, 3.63) is 0 Å². The molecule has 2 N–H and O–H groups in total. The van der Waals surface area contributed by atoms with Crippen LogP contribution in [0.4, 0.5) is 0 Å². The van der Waals surface area contributed by atoms with Crippen molar-refractivity contribution in [3.8, 4) is 0 Å². The van der Waals surface area contributed by atoms with Crippen LogP contribution < -0.4 is 5.32 Å². The summed E-state index contributed by atoms with van der Waals surface area (Å²) in [6, 6.07) is -0.733. The molecule has 2 atom stereocenters. The van der Waals surface area contributed by atoms with Gasteiger partial charge >= 0.3 is 5.97 Å². The van der Waals surface area contributed by atoms with Crippen LogP contribution >= 0.6 is 11.8 Å². The van der Waals surface area contributed by atoms with Gasteiger partial charge in [0.1, 0.15) is 6.04 Å². The molecule has 1 aliphatic heterocycles. The molecule has 0 aromatic heterocycles. The summed E-state index contributed by atoms with van der Waals surface area (Å²) >= 11 is 1.61. The van der Waals surface area contributed by atoms with Crippen LogP contribution in [0.1, 0.15) is 26.2 Å². The molecule has 0 bridgehead atoms. The van der Waals surface area contributed by atoms with Crippen molar-refractivity contribution >= 4 is 23.6 Å². The molecule has 2 unspecified atom stereocenters. The number of carboxylic acids is 1.